The molecular formula is C13H26N2O. The van der Waals surface area contributed by atoms with E-state index < -0.39 is 0 Å². The molecule has 0 saturated carbocycles. The summed E-state index contributed by atoms with van der Waals surface area (Å²) in [4.78, 5) is 2.53. The molecule has 16 heavy (non-hydrogen) atoms. The van der Waals surface area contributed by atoms with Crippen LogP contribution in [0.15, 0.2) is 0 Å². The van der Waals surface area contributed by atoms with E-state index in [0.717, 1.165) is 18.9 Å². The van der Waals surface area contributed by atoms with Gasteiger partial charge in [0.25, 0.3) is 0 Å². The van der Waals surface area contributed by atoms with Crippen molar-refractivity contribution in [1.82, 2.24) is 10.2 Å². The lowest BCUT2D eigenvalue weighted by Crippen LogP contribution is -2.46. The minimum Gasteiger partial charge on any atom is -0.394 e. The average Bonchev–Trinajstić information content (AvgIpc) is 2.79. The number of likely N-dealkylation sites (tertiary alicyclic amines) is 1. The lowest BCUT2D eigenvalue weighted by molar-refractivity contribution is 0.117. The summed E-state index contributed by atoms with van der Waals surface area (Å²) in [7, 11) is 0. The van der Waals surface area contributed by atoms with Crippen LogP contribution in [0.2, 0.25) is 0 Å². The first-order chi connectivity index (χ1) is 7.78. The molecule has 2 aliphatic rings. The predicted molar refractivity (Wildman–Crippen MR) is 66.5 cm³/mol. The van der Waals surface area contributed by atoms with E-state index in [1.165, 1.54) is 45.3 Å². The molecule has 0 aromatic heterocycles. The minimum absolute atomic E-state index is 0.0685. The molecule has 1 atom stereocenters. The highest BCUT2D eigenvalue weighted by molar-refractivity contribution is 4.94. The van der Waals surface area contributed by atoms with E-state index in [4.69, 9.17) is 0 Å². The monoisotopic (exact) mass is 226 g/mol. The van der Waals surface area contributed by atoms with Gasteiger partial charge in [-0.05, 0) is 64.2 Å². The lowest BCUT2D eigenvalue weighted by Gasteiger charge is -2.36. The first kappa shape index (κ1) is 12.3. The van der Waals surface area contributed by atoms with Crippen molar-refractivity contribution in [3.63, 3.8) is 0 Å². The summed E-state index contributed by atoms with van der Waals surface area (Å²) in [5.41, 5.74) is 0.0685. The van der Waals surface area contributed by atoms with E-state index in [9.17, 15) is 5.11 Å². The Morgan fingerprint density at radius 3 is 2.62 bits per heavy atom. The van der Waals surface area contributed by atoms with Crippen LogP contribution in [0.25, 0.3) is 0 Å². The minimum atomic E-state index is 0.0685. The van der Waals surface area contributed by atoms with Crippen molar-refractivity contribution in [2.24, 2.45) is 5.92 Å². The molecule has 3 heteroatoms. The summed E-state index contributed by atoms with van der Waals surface area (Å²) in [5, 5.41) is 13.1. The molecule has 3 nitrogen and oxygen atoms in total. The molecule has 2 saturated heterocycles. The molecular weight excluding hydrogens is 200 g/mol. The molecule has 0 amide bonds. The Kier molecular flexibility index (Phi) is 4.22. The number of piperidine rings is 1. The quantitative estimate of drug-likeness (QED) is 0.756. The molecule has 2 N–H and O–H groups in total. The van der Waals surface area contributed by atoms with Crippen LogP contribution in [0.1, 0.15) is 39.0 Å². The van der Waals surface area contributed by atoms with Crippen LogP contribution in [0, 0.1) is 5.92 Å². The van der Waals surface area contributed by atoms with Crippen LogP contribution in [-0.2, 0) is 0 Å². The normalized spacial score (nSPS) is 33.4. The Hall–Kier alpha value is -0.120. The summed E-state index contributed by atoms with van der Waals surface area (Å²) in [6.45, 7) is 7.35. The van der Waals surface area contributed by atoms with Crippen LogP contribution in [0.3, 0.4) is 0 Å². The number of nitrogens with one attached hydrogen (secondary N) is 1. The molecule has 2 heterocycles. The summed E-state index contributed by atoms with van der Waals surface area (Å²) >= 11 is 0. The molecule has 0 aromatic carbocycles. The molecule has 0 radical (unpaired) electrons. The smallest absolute Gasteiger partial charge is 0.0613 e. The summed E-state index contributed by atoms with van der Waals surface area (Å²) < 4.78 is 0. The van der Waals surface area contributed by atoms with Crippen molar-refractivity contribution in [3.8, 4) is 0 Å². The van der Waals surface area contributed by atoms with E-state index in [2.05, 4.69) is 17.1 Å². The molecule has 2 fully saturated rings. The molecule has 0 bridgehead atoms. The Morgan fingerprint density at radius 2 is 2.12 bits per heavy atom. The zero-order valence-corrected chi connectivity index (χ0v) is 10.5. The van der Waals surface area contributed by atoms with Gasteiger partial charge in [-0.2, -0.15) is 0 Å². The van der Waals surface area contributed by atoms with Crippen LogP contribution >= 0.6 is 0 Å². The van der Waals surface area contributed by atoms with Crippen molar-refractivity contribution in [2.45, 2.75) is 44.6 Å². The number of aliphatic hydroxyl groups excluding tert-OH is 1. The van der Waals surface area contributed by atoms with Crippen LogP contribution in [0.5, 0.6) is 0 Å². The maximum atomic E-state index is 9.57. The standard InChI is InChI=1S/C13H26N2O/c1-2-15-8-4-12(5-9-15)10-13(11-16)6-3-7-14-13/h12,14,16H,2-11H2,1H3. The predicted octanol–water partition coefficient (Wildman–Crippen LogP) is 1.22. The van der Waals surface area contributed by atoms with Gasteiger partial charge in [0.1, 0.15) is 0 Å². The van der Waals surface area contributed by atoms with Crippen molar-refractivity contribution in [1.29, 1.82) is 0 Å². The fraction of sp³-hybridized carbons (Fsp3) is 1.00. The highest BCUT2D eigenvalue weighted by Crippen LogP contribution is 2.31. The van der Waals surface area contributed by atoms with Crippen LogP contribution in [0.4, 0.5) is 0 Å². The van der Waals surface area contributed by atoms with E-state index >= 15 is 0 Å². The maximum Gasteiger partial charge on any atom is 0.0613 e. The van der Waals surface area contributed by atoms with Gasteiger partial charge in [0, 0.05) is 5.54 Å². The number of nitrogens with zero attached hydrogens (tertiary/aromatic N) is 1. The van der Waals surface area contributed by atoms with Crippen molar-refractivity contribution in [2.75, 3.05) is 32.8 Å². The first-order valence-electron chi connectivity index (χ1n) is 6.86. The first-order valence-corrected chi connectivity index (χ1v) is 6.86. The summed E-state index contributed by atoms with van der Waals surface area (Å²) in [5.74, 6) is 0.820. The molecule has 2 rings (SSSR count). The third-order valence-corrected chi connectivity index (χ3v) is 4.47. The second kappa shape index (κ2) is 5.48. The Balaban J connectivity index is 1.81. The van der Waals surface area contributed by atoms with E-state index in [1.54, 1.807) is 0 Å². The maximum absolute atomic E-state index is 9.57. The number of aliphatic hydroxyl groups is 1. The van der Waals surface area contributed by atoms with E-state index in [0.29, 0.717) is 6.61 Å². The zero-order valence-electron chi connectivity index (χ0n) is 10.5. The third-order valence-electron chi connectivity index (χ3n) is 4.47. The number of hydrogen-bond acceptors (Lipinski definition) is 3. The number of hydrogen-bond donors (Lipinski definition) is 2. The van der Waals surface area contributed by atoms with Gasteiger partial charge in [-0.3, -0.25) is 0 Å². The van der Waals surface area contributed by atoms with Gasteiger partial charge < -0.3 is 15.3 Å². The second-order valence-electron chi connectivity index (χ2n) is 5.55. The third kappa shape index (κ3) is 2.76. The van der Waals surface area contributed by atoms with E-state index in [1.807, 2.05) is 0 Å². The fourth-order valence-electron chi connectivity index (χ4n) is 3.30. The Labute approximate surface area is 99.2 Å². The van der Waals surface area contributed by atoms with Gasteiger partial charge in [0.15, 0.2) is 0 Å². The zero-order chi connectivity index (χ0) is 11.4. The summed E-state index contributed by atoms with van der Waals surface area (Å²) in [6, 6.07) is 0. The van der Waals surface area contributed by atoms with Gasteiger partial charge in [0.05, 0.1) is 6.61 Å². The Morgan fingerprint density at radius 1 is 1.38 bits per heavy atom. The molecule has 0 aliphatic carbocycles. The van der Waals surface area contributed by atoms with Gasteiger partial charge in [-0.25, -0.2) is 0 Å². The number of rotatable bonds is 4. The van der Waals surface area contributed by atoms with Gasteiger partial charge >= 0.3 is 0 Å². The lowest BCUT2D eigenvalue weighted by atomic mass is 9.82. The van der Waals surface area contributed by atoms with Crippen molar-refractivity contribution >= 4 is 0 Å². The van der Waals surface area contributed by atoms with Crippen molar-refractivity contribution < 1.29 is 5.11 Å². The van der Waals surface area contributed by atoms with Crippen LogP contribution < -0.4 is 5.32 Å². The highest BCUT2D eigenvalue weighted by atomic mass is 16.3. The average molecular weight is 226 g/mol. The summed E-state index contributed by atoms with van der Waals surface area (Å²) in [6.07, 6.45) is 6.21. The van der Waals surface area contributed by atoms with Gasteiger partial charge in [0.2, 0.25) is 0 Å². The molecule has 0 aromatic rings. The fourth-order valence-corrected chi connectivity index (χ4v) is 3.30. The van der Waals surface area contributed by atoms with E-state index in [-0.39, 0.29) is 5.54 Å². The highest BCUT2D eigenvalue weighted by Gasteiger charge is 2.35. The van der Waals surface area contributed by atoms with Crippen LogP contribution in [-0.4, -0.2) is 48.3 Å². The molecule has 0 spiro atoms. The molecule has 2 aliphatic heterocycles. The Bertz CT molecular complexity index is 206. The van der Waals surface area contributed by atoms with Gasteiger partial charge in [-0.1, -0.05) is 6.92 Å². The topological polar surface area (TPSA) is 35.5 Å². The molecule has 94 valence electrons. The van der Waals surface area contributed by atoms with Gasteiger partial charge in [-0.15, -0.1) is 0 Å². The van der Waals surface area contributed by atoms with Crippen molar-refractivity contribution in [3.05, 3.63) is 0 Å². The SMILES string of the molecule is CCN1CCC(CC2(CO)CCCN2)CC1. The largest absolute Gasteiger partial charge is 0.394 e. The second-order valence-corrected chi connectivity index (χ2v) is 5.55. The molecule has 1 unspecified atom stereocenters.